The molecule has 1 aromatic rings. The summed E-state index contributed by atoms with van der Waals surface area (Å²) in [4.78, 5) is 28.0. The van der Waals surface area contributed by atoms with E-state index in [1.54, 1.807) is 0 Å². The van der Waals surface area contributed by atoms with Gasteiger partial charge < -0.3 is 16.0 Å². The fourth-order valence-corrected chi connectivity index (χ4v) is 4.20. The molecular weight excluding hydrogens is 422 g/mol. The molecule has 0 spiro atoms. The minimum atomic E-state index is -4.26. The van der Waals surface area contributed by atoms with Gasteiger partial charge in [-0.15, -0.1) is 0 Å². The van der Waals surface area contributed by atoms with Gasteiger partial charge in [0.05, 0.1) is 28.1 Å². The van der Waals surface area contributed by atoms with E-state index in [-0.39, 0.29) is 49.2 Å². The number of carbonyl (C=O) groups excluding carboxylic acids is 1. The number of hydrogen-bond donors (Lipinski definition) is 3. The Hall–Kier alpha value is -2.50. The molecule has 1 saturated heterocycles. The van der Waals surface area contributed by atoms with Crippen LogP contribution in [0.3, 0.4) is 0 Å². The molecule has 2 aliphatic rings. The topological polar surface area (TPSA) is 109 Å². The Balaban J connectivity index is 1.85. The van der Waals surface area contributed by atoms with E-state index in [0.29, 0.717) is 13.0 Å². The van der Waals surface area contributed by atoms with Crippen molar-refractivity contribution in [2.75, 3.05) is 18.9 Å². The van der Waals surface area contributed by atoms with Crippen LogP contribution < -0.4 is 16.0 Å². The Morgan fingerprint density at radius 1 is 1.26 bits per heavy atom. The van der Waals surface area contributed by atoms with E-state index in [1.807, 2.05) is 0 Å². The minimum absolute atomic E-state index is 0.0509. The minimum Gasteiger partial charge on any atom is -0.367 e. The molecule has 2 unspecified atom stereocenters. The van der Waals surface area contributed by atoms with Gasteiger partial charge in [-0.25, -0.2) is 9.37 Å². The zero-order chi connectivity index (χ0) is 22.8. The second-order valence-corrected chi connectivity index (χ2v) is 7.99. The van der Waals surface area contributed by atoms with Crippen molar-refractivity contribution in [3.63, 3.8) is 0 Å². The van der Waals surface area contributed by atoms with Crippen LogP contribution in [-0.4, -0.2) is 47.8 Å². The average molecular weight is 447 g/mol. The molecule has 0 aromatic carbocycles. The number of nitrogens with zero attached hydrogens (tertiary/aromatic N) is 2. The standard InChI is InChI=1S/C19H25F4N5O3/c1-24-17-15(28(30)31)9-13(16(27-17)14-8-11(20)6-7-25-14)18(29)26-12-4-2-10(3-5-12)19(21,22)23/h9-12,14,25H,2-8H2,1H3,(H,24,27)(H,26,29). The number of halogens is 4. The van der Waals surface area contributed by atoms with Crippen LogP contribution in [-0.2, 0) is 0 Å². The van der Waals surface area contributed by atoms with E-state index >= 15 is 0 Å². The van der Waals surface area contributed by atoms with Crippen LogP contribution in [0.1, 0.15) is 60.6 Å². The molecule has 31 heavy (non-hydrogen) atoms. The summed E-state index contributed by atoms with van der Waals surface area (Å²) in [7, 11) is 1.45. The SMILES string of the molecule is CNc1nc(C2CC(F)CCN2)c(C(=O)NC2CCC(C(F)(F)F)CC2)cc1[N+](=O)[O-]. The van der Waals surface area contributed by atoms with Crippen LogP contribution in [0.2, 0.25) is 0 Å². The Kier molecular flexibility index (Phi) is 6.97. The highest BCUT2D eigenvalue weighted by Gasteiger charge is 2.42. The van der Waals surface area contributed by atoms with Gasteiger partial charge in [-0.1, -0.05) is 0 Å². The highest BCUT2D eigenvalue weighted by molar-refractivity contribution is 5.97. The van der Waals surface area contributed by atoms with Crippen LogP contribution in [0.5, 0.6) is 0 Å². The largest absolute Gasteiger partial charge is 0.391 e. The normalized spacial score (nSPS) is 26.9. The number of hydrogen-bond acceptors (Lipinski definition) is 6. The van der Waals surface area contributed by atoms with Crippen LogP contribution in [0.15, 0.2) is 6.07 Å². The maximum absolute atomic E-state index is 14.0. The quantitative estimate of drug-likeness (QED) is 0.361. The molecule has 0 bridgehead atoms. The Morgan fingerprint density at radius 3 is 2.48 bits per heavy atom. The molecule has 172 valence electrons. The third kappa shape index (κ3) is 5.41. The number of alkyl halides is 4. The lowest BCUT2D eigenvalue weighted by Crippen LogP contribution is -2.41. The number of rotatable bonds is 5. The van der Waals surface area contributed by atoms with Crippen LogP contribution >= 0.6 is 0 Å². The van der Waals surface area contributed by atoms with Gasteiger partial charge >= 0.3 is 11.9 Å². The zero-order valence-electron chi connectivity index (χ0n) is 17.0. The molecule has 3 N–H and O–H groups in total. The summed E-state index contributed by atoms with van der Waals surface area (Å²) in [5.74, 6) is -2.10. The van der Waals surface area contributed by atoms with Crippen LogP contribution in [0, 0.1) is 16.0 Å². The van der Waals surface area contributed by atoms with Crippen molar-refractivity contribution in [1.29, 1.82) is 0 Å². The summed E-state index contributed by atoms with van der Waals surface area (Å²) < 4.78 is 52.6. The van der Waals surface area contributed by atoms with E-state index in [0.717, 1.165) is 6.07 Å². The number of aromatic nitrogens is 1. The van der Waals surface area contributed by atoms with E-state index in [4.69, 9.17) is 0 Å². The molecule has 2 fully saturated rings. The number of nitro groups is 1. The number of pyridine rings is 1. The summed E-state index contributed by atoms with van der Waals surface area (Å²) in [6.45, 7) is 0.363. The molecule has 0 radical (unpaired) electrons. The molecule has 12 heteroatoms. The number of nitrogens with one attached hydrogen (secondary N) is 3. The molecule has 1 saturated carbocycles. The van der Waals surface area contributed by atoms with Crippen molar-refractivity contribution in [1.82, 2.24) is 15.6 Å². The van der Waals surface area contributed by atoms with Crippen molar-refractivity contribution in [3.05, 3.63) is 27.4 Å². The lowest BCUT2D eigenvalue weighted by molar-refractivity contribution is -0.384. The Bertz CT molecular complexity index is 827. The number of piperidine rings is 1. The van der Waals surface area contributed by atoms with Crippen molar-refractivity contribution in [2.24, 2.45) is 5.92 Å². The predicted molar refractivity (Wildman–Crippen MR) is 105 cm³/mol. The molecule has 1 aliphatic carbocycles. The molecular formula is C19H25F4N5O3. The van der Waals surface area contributed by atoms with Crippen LogP contribution in [0.25, 0.3) is 0 Å². The number of anilines is 1. The first-order valence-corrected chi connectivity index (χ1v) is 10.2. The van der Waals surface area contributed by atoms with Gasteiger partial charge in [0.1, 0.15) is 6.17 Å². The summed E-state index contributed by atoms with van der Waals surface area (Å²) >= 11 is 0. The summed E-state index contributed by atoms with van der Waals surface area (Å²) in [6.07, 6.45) is -4.86. The van der Waals surface area contributed by atoms with E-state index in [2.05, 4.69) is 20.9 Å². The highest BCUT2D eigenvalue weighted by Crippen LogP contribution is 2.38. The summed E-state index contributed by atoms with van der Waals surface area (Å²) in [5.41, 5.74) is -0.307. The molecule has 1 aromatic heterocycles. The smallest absolute Gasteiger partial charge is 0.367 e. The number of carbonyl (C=O) groups is 1. The fourth-order valence-electron chi connectivity index (χ4n) is 4.20. The lowest BCUT2D eigenvalue weighted by atomic mass is 9.85. The third-order valence-electron chi connectivity index (χ3n) is 5.91. The van der Waals surface area contributed by atoms with Crippen molar-refractivity contribution >= 4 is 17.4 Å². The van der Waals surface area contributed by atoms with E-state index in [9.17, 15) is 32.5 Å². The zero-order valence-corrected chi connectivity index (χ0v) is 17.0. The number of amides is 1. The van der Waals surface area contributed by atoms with Gasteiger partial charge in [-0.2, -0.15) is 13.2 Å². The lowest BCUT2D eigenvalue weighted by Gasteiger charge is -2.31. The second-order valence-electron chi connectivity index (χ2n) is 7.99. The van der Waals surface area contributed by atoms with Gasteiger partial charge in [-0.05, 0) is 45.1 Å². The fraction of sp³-hybridized carbons (Fsp3) is 0.684. The predicted octanol–water partition coefficient (Wildman–Crippen LogP) is 3.65. The molecule has 8 nitrogen and oxygen atoms in total. The second kappa shape index (κ2) is 9.33. The monoisotopic (exact) mass is 447 g/mol. The van der Waals surface area contributed by atoms with E-state index in [1.165, 1.54) is 7.05 Å². The Morgan fingerprint density at radius 2 is 1.94 bits per heavy atom. The van der Waals surface area contributed by atoms with Gasteiger partial charge in [0.2, 0.25) is 5.82 Å². The van der Waals surface area contributed by atoms with Gasteiger partial charge in [0.15, 0.2) is 0 Å². The summed E-state index contributed by atoms with van der Waals surface area (Å²) in [6, 6.07) is 0.00237. The summed E-state index contributed by atoms with van der Waals surface area (Å²) in [5, 5.41) is 19.8. The first kappa shape index (κ1) is 23.2. The average Bonchev–Trinajstić information content (AvgIpc) is 2.72. The van der Waals surface area contributed by atoms with Gasteiger partial charge in [0, 0.05) is 19.2 Å². The molecule has 2 atom stereocenters. The van der Waals surface area contributed by atoms with Crippen molar-refractivity contribution in [2.45, 2.75) is 63.0 Å². The van der Waals surface area contributed by atoms with Crippen LogP contribution in [0.4, 0.5) is 29.1 Å². The van der Waals surface area contributed by atoms with E-state index < -0.39 is 46.9 Å². The molecule has 3 rings (SSSR count). The third-order valence-corrected chi connectivity index (χ3v) is 5.91. The van der Waals surface area contributed by atoms with Gasteiger partial charge in [0.25, 0.3) is 5.91 Å². The maximum atomic E-state index is 14.0. The highest BCUT2D eigenvalue weighted by atomic mass is 19.4. The molecule has 1 amide bonds. The van der Waals surface area contributed by atoms with Crippen molar-refractivity contribution in [3.8, 4) is 0 Å². The first-order valence-electron chi connectivity index (χ1n) is 10.2. The van der Waals surface area contributed by atoms with Gasteiger partial charge in [-0.3, -0.25) is 14.9 Å². The molecule has 2 heterocycles. The first-order chi connectivity index (χ1) is 14.6. The van der Waals surface area contributed by atoms with Crippen molar-refractivity contribution < 1.29 is 27.3 Å². The molecule has 1 aliphatic heterocycles. The Labute approximate surface area is 176 Å². The maximum Gasteiger partial charge on any atom is 0.391 e.